The molecule has 5 rings (SSSR count). The number of amides is 1. The van der Waals surface area contributed by atoms with Crippen LogP contribution in [-0.4, -0.2) is 58.2 Å². The van der Waals surface area contributed by atoms with E-state index in [1.165, 1.54) is 5.56 Å². The summed E-state index contributed by atoms with van der Waals surface area (Å²) in [6.45, 7) is 8.17. The number of piperazine rings is 1. The molecule has 3 heterocycles. The summed E-state index contributed by atoms with van der Waals surface area (Å²) >= 11 is 1.64. The fraction of sp³-hybridized carbons (Fsp3) is 0.241. The Bertz CT molecular complexity index is 1320. The van der Waals surface area contributed by atoms with Crippen LogP contribution in [0.15, 0.2) is 78.2 Å². The molecule has 4 aromatic rings. The molecule has 6 heteroatoms. The number of carbonyl (C=O) groups excluding carboxylic acids is 1. The molecule has 2 aromatic carbocycles. The van der Waals surface area contributed by atoms with Gasteiger partial charge >= 0.3 is 0 Å². The highest BCUT2D eigenvalue weighted by atomic mass is 32.1. The van der Waals surface area contributed by atoms with Gasteiger partial charge in [-0.3, -0.25) is 9.69 Å². The normalized spacial score (nSPS) is 14.6. The Labute approximate surface area is 210 Å². The van der Waals surface area contributed by atoms with Crippen LogP contribution in [0.25, 0.3) is 22.3 Å². The van der Waals surface area contributed by atoms with Crippen molar-refractivity contribution < 1.29 is 4.79 Å². The molecule has 1 amide bonds. The third-order valence-corrected chi connectivity index (χ3v) is 7.32. The van der Waals surface area contributed by atoms with Crippen molar-refractivity contribution >= 4 is 23.3 Å². The van der Waals surface area contributed by atoms with Gasteiger partial charge in [0, 0.05) is 32.7 Å². The number of thiophene rings is 1. The number of benzene rings is 2. The van der Waals surface area contributed by atoms with Gasteiger partial charge in [-0.2, -0.15) is 5.10 Å². The monoisotopic (exact) mass is 482 g/mol. The minimum Gasteiger partial charge on any atom is -0.335 e. The second kappa shape index (κ2) is 10.4. The second-order valence-electron chi connectivity index (χ2n) is 9.00. The Balaban J connectivity index is 1.33. The van der Waals surface area contributed by atoms with Crippen molar-refractivity contribution in [1.82, 2.24) is 19.6 Å². The molecule has 35 heavy (non-hydrogen) atoms. The molecule has 178 valence electrons. The molecule has 1 fully saturated rings. The number of carbonyl (C=O) groups is 1. The number of rotatable bonds is 6. The lowest BCUT2D eigenvalue weighted by molar-refractivity contribution is 0.0641. The average Bonchev–Trinajstić information content (AvgIpc) is 3.57. The Kier molecular flexibility index (Phi) is 6.93. The molecule has 5 nitrogen and oxygen atoms in total. The zero-order valence-electron chi connectivity index (χ0n) is 20.2. The van der Waals surface area contributed by atoms with Crippen LogP contribution in [0.1, 0.15) is 27.2 Å². The molecule has 0 N–H and O–H groups in total. The van der Waals surface area contributed by atoms with E-state index in [-0.39, 0.29) is 5.91 Å². The van der Waals surface area contributed by atoms with E-state index in [2.05, 4.69) is 79.4 Å². The van der Waals surface area contributed by atoms with Crippen molar-refractivity contribution in [1.29, 1.82) is 0 Å². The van der Waals surface area contributed by atoms with Crippen LogP contribution >= 0.6 is 11.3 Å². The number of nitrogens with zero attached hydrogens (tertiary/aromatic N) is 4. The van der Waals surface area contributed by atoms with Gasteiger partial charge in [-0.1, -0.05) is 60.7 Å². The summed E-state index contributed by atoms with van der Waals surface area (Å²) in [5.41, 5.74) is 5.88. The fourth-order valence-corrected chi connectivity index (χ4v) is 5.09. The van der Waals surface area contributed by atoms with Gasteiger partial charge in [0.15, 0.2) is 0 Å². The Morgan fingerprint density at radius 3 is 2.51 bits per heavy atom. The number of aromatic nitrogens is 2. The Morgan fingerprint density at radius 1 is 0.971 bits per heavy atom. The Morgan fingerprint density at radius 2 is 1.77 bits per heavy atom. The van der Waals surface area contributed by atoms with Crippen LogP contribution in [0, 0.1) is 13.8 Å². The van der Waals surface area contributed by atoms with Gasteiger partial charge < -0.3 is 4.90 Å². The average molecular weight is 483 g/mol. The zero-order valence-corrected chi connectivity index (χ0v) is 21.0. The van der Waals surface area contributed by atoms with Crippen molar-refractivity contribution in [3.05, 3.63) is 101 Å². The lowest BCUT2D eigenvalue weighted by Crippen LogP contribution is -2.49. The molecule has 1 saturated heterocycles. The van der Waals surface area contributed by atoms with Crippen molar-refractivity contribution in [2.45, 2.75) is 13.8 Å². The lowest BCUT2D eigenvalue weighted by atomic mass is 10.1. The molecule has 0 bridgehead atoms. The minimum atomic E-state index is 0.0423. The summed E-state index contributed by atoms with van der Waals surface area (Å²) in [5, 5.41) is 6.93. The maximum atomic E-state index is 13.7. The first-order valence-electron chi connectivity index (χ1n) is 12.0. The first-order chi connectivity index (χ1) is 17.1. The highest BCUT2D eigenvalue weighted by Crippen LogP contribution is 2.28. The van der Waals surface area contributed by atoms with Gasteiger partial charge in [-0.25, -0.2) is 4.68 Å². The molecular weight excluding hydrogens is 452 g/mol. The van der Waals surface area contributed by atoms with Gasteiger partial charge in [-0.15, -0.1) is 11.3 Å². The van der Waals surface area contributed by atoms with Crippen LogP contribution < -0.4 is 0 Å². The van der Waals surface area contributed by atoms with Crippen LogP contribution in [-0.2, 0) is 0 Å². The van der Waals surface area contributed by atoms with Crippen LogP contribution in [0.2, 0.25) is 0 Å². The van der Waals surface area contributed by atoms with Gasteiger partial charge in [0.25, 0.3) is 5.91 Å². The first kappa shape index (κ1) is 23.3. The highest BCUT2D eigenvalue weighted by molar-refractivity contribution is 7.13. The fourth-order valence-electron chi connectivity index (χ4n) is 4.41. The predicted octanol–water partition coefficient (Wildman–Crippen LogP) is 5.69. The maximum absolute atomic E-state index is 13.7. The second-order valence-corrected chi connectivity index (χ2v) is 9.95. The number of aryl methyl sites for hydroxylation is 2. The van der Waals surface area contributed by atoms with Crippen LogP contribution in [0.3, 0.4) is 0 Å². The van der Waals surface area contributed by atoms with E-state index in [0.717, 1.165) is 47.0 Å². The first-order valence-corrected chi connectivity index (χ1v) is 12.9. The van der Waals surface area contributed by atoms with E-state index in [1.807, 2.05) is 33.2 Å². The molecule has 0 unspecified atom stereocenters. The summed E-state index contributed by atoms with van der Waals surface area (Å²) in [6.07, 6.45) is 4.36. The summed E-state index contributed by atoms with van der Waals surface area (Å²) < 4.78 is 1.84. The predicted molar refractivity (Wildman–Crippen MR) is 144 cm³/mol. The van der Waals surface area contributed by atoms with Crippen molar-refractivity contribution in [3.8, 4) is 16.3 Å². The molecule has 0 aliphatic carbocycles. The van der Waals surface area contributed by atoms with Crippen molar-refractivity contribution in [3.63, 3.8) is 0 Å². The quantitative estimate of drug-likeness (QED) is 0.355. The van der Waals surface area contributed by atoms with Gasteiger partial charge in [-0.05, 0) is 54.1 Å². The molecular formula is C29H30N4OS. The maximum Gasteiger partial charge on any atom is 0.272 e. The minimum absolute atomic E-state index is 0.0423. The summed E-state index contributed by atoms with van der Waals surface area (Å²) in [6, 6.07) is 22.7. The topological polar surface area (TPSA) is 41.4 Å². The van der Waals surface area contributed by atoms with E-state index in [4.69, 9.17) is 5.10 Å². The van der Waals surface area contributed by atoms with E-state index in [0.29, 0.717) is 18.8 Å². The highest BCUT2D eigenvalue weighted by Gasteiger charge is 2.26. The summed E-state index contributed by atoms with van der Waals surface area (Å²) in [7, 11) is 0. The number of hydrogen-bond donors (Lipinski definition) is 0. The molecule has 1 aliphatic rings. The van der Waals surface area contributed by atoms with E-state index in [1.54, 1.807) is 11.3 Å². The third-order valence-electron chi connectivity index (χ3n) is 6.43. The lowest BCUT2D eigenvalue weighted by Gasteiger charge is -2.34. The Hall–Kier alpha value is -3.48. The molecule has 1 aliphatic heterocycles. The SMILES string of the molecule is Cc1ccc(C)c(-n2nc(-c3cccs3)cc2C(=O)N2CCN(CC=Cc3ccccc3)CC2)c1. The van der Waals surface area contributed by atoms with Crippen LogP contribution in [0.5, 0.6) is 0 Å². The van der Waals surface area contributed by atoms with Crippen molar-refractivity contribution in [2.75, 3.05) is 32.7 Å². The smallest absolute Gasteiger partial charge is 0.272 e. The summed E-state index contributed by atoms with van der Waals surface area (Å²) in [4.78, 5) is 19.1. The molecule has 0 radical (unpaired) electrons. The van der Waals surface area contributed by atoms with Gasteiger partial charge in [0.2, 0.25) is 0 Å². The molecule has 0 spiro atoms. The van der Waals surface area contributed by atoms with Crippen LogP contribution in [0.4, 0.5) is 0 Å². The van der Waals surface area contributed by atoms with E-state index >= 15 is 0 Å². The third kappa shape index (κ3) is 5.29. The summed E-state index contributed by atoms with van der Waals surface area (Å²) in [5.74, 6) is 0.0423. The zero-order chi connectivity index (χ0) is 24.2. The van der Waals surface area contributed by atoms with Crippen molar-refractivity contribution in [2.24, 2.45) is 0 Å². The van der Waals surface area contributed by atoms with Gasteiger partial charge in [0.1, 0.15) is 11.4 Å². The molecule has 0 saturated carbocycles. The number of hydrogen-bond acceptors (Lipinski definition) is 4. The molecule has 2 aromatic heterocycles. The van der Waals surface area contributed by atoms with E-state index < -0.39 is 0 Å². The molecule has 0 atom stereocenters. The standard InChI is InChI=1S/C29H30N4OS/c1-22-12-13-23(2)26(20-22)33-27(21-25(30-33)28-11-7-19-35-28)29(34)32-17-15-31(16-18-32)14-6-10-24-8-4-3-5-9-24/h3-13,19-21H,14-18H2,1-2H3. The van der Waals surface area contributed by atoms with E-state index in [9.17, 15) is 4.79 Å². The van der Waals surface area contributed by atoms with Gasteiger partial charge in [0.05, 0.1) is 10.6 Å². The largest absolute Gasteiger partial charge is 0.335 e.